The minimum Gasteiger partial charge on any atom is -0.483 e. The zero-order valence-corrected chi connectivity index (χ0v) is 20.7. The van der Waals surface area contributed by atoms with Crippen molar-refractivity contribution in [1.82, 2.24) is 14.8 Å². The molecule has 2 aromatic carbocycles. The predicted octanol–water partition coefficient (Wildman–Crippen LogP) is 4.65. The van der Waals surface area contributed by atoms with Crippen LogP contribution >= 0.6 is 0 Å². The Morgan fingerprint density at radius 2 is 1.82 bits per heavy atom. The molecule has 2 aliphatic rings. The Bertz CT molecular complexity index is 1390. The molecule has 38 heavy (non-hydrogen) atoms. The Morgan fingerprint density at radius 3 is 2.53 bits per heavy atom. The van der Waals surface area contributed by atoms with Crippen molar-refractivity contribution in [2.75, 3.05) is 6.54 Å². The van der Waals surface area contributed by atoms with Gasteiger partial charge in [0, 0.05) is 62.0 Å². The second kappa shape index (κ2) is 10.6. The molecular formula is C28H27F4N3O3. The van der Waals surface area contributed by atoms with Crippen molar-refractivity contribution in [3.8, 4) is 5.75 Å². The Kier molecular flexibility index (Phi) is 7.25. The smallest absolute Gasteiger partial charge is 0.257 e. The third kappa shape index (κ3) is 5.18. The van der Waals surface area contributed by atoms with Gasteiger partial charge in [-0.2, -0.15) is 0 Å². The van der Waals surface area contributed by atoms with E-state index in [2.05, 4.69) is 10.2 Å². The number of aromatic nitrogens is 1. The highest BCUT2D eigenvalue weighted by Crippen LogP contribution is 2.35. The maximum absolute atomic E-state index is 14.7. The van der Waals surface area contributed by atoms with Gasteiger partial charge in [0.25, 0.3) is 5.91 Å². The topological polar surface area (TPSA) is 63.6 Å². The van der Waals surface area contributed by atoms with Crippen molar-refractivity contribution >= 4 is 5.91 Å². The third-order valence-corrected chi connectivity index (χ3v) is 7.23. The summed E-state index contributed by atoms with van der Waals surface area (Å²) in [7, 11) is 0. The van der Waals surface area contributed by atoms with E-state index in [0.717, 1.165) is 5.56 Å². The van der Waals surface area contributed by atoms with Gasteiger partial charge < -0.3 is 14.6 Å². The molecule has 5 rings (SSSR count). The van der Waals surface area contributed by atoms with E-state index in [0.29, 0.717) is 37.3 Å². The highest BCUT2D eigenvalue weighted by molar-refractivity contribution is 5.94. The molecule has 2 aliphatic heterocycles. The van der Waals surface area contributed by atoms with Gasteiger partial charge in [0.15, 0.2) is 5.75 Å². The van der Waals surface area contributed by atoms with Gasteiger partial charge in [-0.25, -0.2) is 17.6 Å². The van der Waals surface area contributed by atoms with E-state index in [4.69, 9.17) is 4.74 Å². The molecule has 4 atom stereocenters. The number of carbonyl (C=O) groups excluding carboxylic acids is 1. The summed E-state index contributed by atoms with van der Waals surface area (Å²) in [6.07, 6.45) is 0.894. The fourth-order valence-corrected chi connectivity index (χ4v) is 5.22. The number of carbonyl (C=O) groups is 1. The zero-order chi connectivity index (χ0) is 27.0. The molecular weight excluding hydrogens is 502 g/mol. The van der Waals surface area contributed by atoms with E-state index in [9.17, 15) is 27.2 Å². The van der Waals surface area contributed by atoms with E-state index in [-0.39, 0.29) is 36.4 Å². The number of nitrogens with one attached hydrogen (secondary N) is 1. The molecule has 200 valence electrons. The fraction of sp³-hybridized carbons (Fsp3) is 0.357. The number of hydrogen-bond donors (Lipinski definition) is 1. The van der Waals surface area contributed by atoms with Gasteiger partial charge in [-0.05, 0) is 18.9 Å². The van der Waals surface area contributed by atoms with Crippen LogP contribution in [0.4, 0.5) is 17.6 Å². The van der Waals surface area contributed by atoms with E-state index in [1.165, 1.54) is 6.20 Å². The van der Waals surface area contributed by atoms with E-state index in [1.807, 2.05) is 37.3 Å². The van der Waals surface area contributed by atoms with Crippen molar-refractivity contribution in [1.29, 1.82) is 0 Å². The van der Waals surface area contributed by atoms with Crippen LogP contribution in [-0.2, 0) is 19.7 Å². The molecule has 1 amide bonds. The number of fused-ring (bicyclic) bond motifs is 4. The zero-order valence-electron chi connectivity index (χ0n) is 20.7. The lowest BCUT2D eigenvalue weighted by Crippen LogP contribution is -2.42. The molecule has 3 heterocycles. The summed E-state index contributed by atoms with van der Waals surface area (Å²) in [6, 6.07) is 9.85. The molecule has 1 N–H and O–H groups in total. The summed E-state index contributed by atoms with van der Waals surface area (Å²) in [6.45, 7) is 2.31. The summed E-state index contributed by atoms with van der Waals surface area (Å²) < 4.78 is 63.9. The van der Waals surface area contributed by atoms with E-state index >= 15 is 0 Å². The molecule has 1 saturated heterocycles. The van der Waals surface area contributed by atoms with Crippen molar-refractivity contribution in [3.05, 3.63) is 98.7 Å². The van der Waals surface area contributed by atoms with Crippen LogP contribution in [0, 0.1) is 17.5 Å². The van der Waals surface area contributed by atoms with Crippen LogP contribution in [0.15, 0.2) is 53.5 Å². The molecule has 3 aromatic rings. The average Bonchev–Trinajstić information content (AvgIpc) is 2.98. The summed E-state index contributed by atoms with van der Waals surface area (Å²) in [5, 5.41) is 2.35. The fourth-order valence-electron chi connectivity index (χ4n) is 5.22. The highest BCUT2D eigenvalue weighted by Gasteiger charge is 2.37. The summed E-state index contributed by atoms with van der Waals surface area (Å²) in [5.41, 5.74) is -0.134. The predicted molar refractivity (Wildman–Crippen MR) is 132 cm³/mol. The molecule has 2 unspecified atom stereocenters. The number of hydrogen-bond acceptors (Lipinski definition) is 4. The van der Waals surface area contributed by atoms with Crippen LogP contribution in [0.5, 0.6) is 5.75 Å². The lowest BCUT2D eigenvalue weighted by atomic mass is 10.0. The molecule has 1 aromatic heterocycles. The summed E-state index contributed by atoms with van der Waals surface area (Å²) in [5.74, 6) is -4.28. The monoisotopic (exact) mass is 529 g/mol. The van der Waals surface area contributed by atoms with Crippen molar-refractivity contribution in [3.63, 3.8) is 0 Å². The lowest BCUT2D eigenvalue weighted by molar-refractivity contribution is 0.0945. The Labute approximate surface area is 216 Å². The molecule has 6 nitrogen and oxygen atoms in total. The van der Waals surface area contributed by atoms with Gasteiger partial charge in [0.2, 0.25) is 5.43 Å². The first kappa shape index (κ1) is 26.0. The second-order valence-electron chi connectivity index (χ2n) is 9.86. The first-order valence-electron chi connectivity index (χ1n) is 12.5. The van der Waals surface area contributed by atoms with Gasteiger partial charge in [-0.15, -0.1) is 0 Å². The van der Waals surface area contributed by atoms with Gasteiger partial charge in [-0.3, -0.25) is 14.5 Å². The molecule has 0 aliphatic carbocycles. The molecule has 0 saturated carbocycles. The van der Waals surface area contributed by atoms with Gasteiger partial charge in [-0.1, -0.05) is 30.3 Å². The molecule has 0 radical (unpaired) electrons. The number of benzene rings is 2. The lowest BCUT2D eigenvalue weighted by Gasteiger charge is -2.37. The van der Waals surface area contributed by atoms with Gasteiger partial charge in [0.05, 0.1) is 5.69 Å². The van der Waals surface area contributed by atoms with Crippen LogP contribution in [0.3, 0.4) is 0 Å². The highest BCUT2D eigenvalue weighted by atomic mass is 19.1. The molecule has 10 heteroatoms. The first-order valence-corrected chi connectivity index (χ1v) is 12.5. The Hall–Kier alpha value is -3.66. The van der Waals surface area contributed by atoms with E-state index < -0.39 is 47.1 Å². The largest absolute Gasteiger partial charge is 0.483 e. The molecule has 0 spiro atoms. The number of ether oxygens (including phenoxy) is 1. The quantitative estimate of drug-likeness (QED) is 0.473. The minimum absolute atomic E-state index is 0.0140. The van der Waals surface area contributed by atoms with Gasteiger partial charge >= 0.3 is 0 Å². The number of halogens is 4. The standard InChI is InChI=1S/C28H27F4N3O3/c1-16-7-18(29)8-20-12-34(16)14-25-27(38-15-17-5-3-2-4-6-17)26(36)22(13-35(20)25)28(37)33-11-21-23(31)9-19(30)10-24(21)32/h2-6,9-10,13,16,18,20H,7-8,11-12,14-15H2,1H3,(H,33,37)/t16-,18?,20-/m0/s1. The Balaban J connectivity index is 1.51. The van der Waals surface area contributed by atoms with Crippen molar-refractivity contribution < 1.29 is 27.1 Å². The second-order valence-corrected chi connectivity index (χ2v) is 9.86. The van der Waals surface area contributed by atoms with Crippen LogP contribution in [0.2, 0.25) is 0 Å². The minimum atomic E-state index is -1.15. The Morgan fingerprint density at radius 1 is 1.11 bits per heavy atom. The number of amides is 1. The summed E-state index contributed by atoms with van der Waals surface area (Å²) in [4.78, 5) is 28.8. The maximum Gasteiger partial charge on any atom is 0.257 e. The first-order chi connectivity index (χ1) is 18.2. The number of pyridine rings is 1. The normalized spacial score (nSPS) is 22.3. The van der Waals surface area contributed by atoms with Gasteiger partial charge in [0.1, 0.15) is 35.8 Å². The number of nitrogens with zero attached hydrogens (tertiary/aromatic N) is 2. The van der Waals surface area contributed by atoms with E-state index in [1.54, 1.807) is 4.57 Å². The molecule has 2 bridgehead atoms. The maximum atomic E-state index is 14.7. The summed E-state index contributed by atoms with van der Waals surface area (Å²) >= 11 is 0. The third-order valence-electron chi connectivity index (χ3n) is 7.23. The SMILES string of the molecule is C[C@H]1CC(F)C[C@H]2CN1Cc1c(OCc3ccccc3)c(=O)c(C(=O)NCc3c(F)cc(F)cc3F)cn12. The number of rotatable bonds is 6. The van der Waals surface area contributed by atoms with Crippen LogP contribution < -0.4 is 15.5 Å². The van der Waals surface area contributed by atoms with Crippen LogP contribution in [-0.4, -0.2) is 34.1 Å². The number of alkyl halides is 1. The van der Waals surface area contributed by atoms with Crippen molar-refractivity contribution in [2.45, 2.75) is 57.7 Å². The average molecular weight is 530 g/mol. The van der Waals surface area contributed by atoms with Crippen LogP contribution in [0.25, 0.3) is 0 Å². The van der Waals surface area contributed by atoms with Crippen molar-refractivity contribution in [2.24, 2.45) is 0 Å². The molecule has 1 fully saturated rings. The van der Waals surface area contributed by atoms with Crippen LogP contribution in [0.1, 0.15) is 53.0 Å².